The number of rotatable bonds is 3. The van der Waals surface area contributed by atoms with Crippen LogP contribution < -0.4 is 5.32 Å². The highest BCUT2D eigenvalue weighted by Crippen LogP contribution is 2.31. The molecule has 2 heteroatoms. The molecule has 1 aromatic rings. The molecule has 1 heterocycles. The lowest BCUT2D eigenvalue weighted by atomic mass is 9.90. The summed E-state index contributed by atoms with van der Waals surface area (Å²) >= 11 is 0. The molecule has 1 atom stereocenters. The number of benzene rings is 1. The van der Waals surface area contributed by atoms with Crippen molar-refractivity contribution >= 4 is 5.69 Å². The molecule has 104 valence electrons. The van der Waals surface area contributed by atoms with Crippen molar-refractivity contribution < 1.29 is 4.74 Å². The average molecular weight is 259 g/mol. The van der Waals surface area contributed by atoms with E-state index in [1.54, 1.807) is 11.1 Å². The van der Waals surface area contributed by atoms with E-state index in [9.17, 15) is 0 Å². The van der Waals surface area contributed by atoms with E-state index in [1.165, 1.54) is 44.2 Å². The Balaban J connectivity index is 1.64. The molecule has 1 aliphatic carbocycles. The Bertz CT molecular complexity index is 453. The van der Waals surface area contributed by atoms with Gasteiger partial charge in [0.2, 0.25) is 0 Å². The Morgan fingerprint density at radius 1 is 1.26 bits per heavy atom. The van der Waals surface area contributed by atoms with Crippen molar-refractivity contribution in [1.82, 2.24) is 0 Å². The van der Waals surface area contributed by atoms with E-state index in [-0.39, 0.29) is 5.60 Å². The molecule has 1 aromatic carbocycles. The fourth-order valence-electron chi connectivity index (χ4n) is 3.39. The molecule has 1 N–H and O–H groups in total. The first-order valence-corrected chi connectivity index (χ1v) is 7.66. The second-order valence-electron chi connectivity index (χ2n) is 6.57. The van der Waals surface area contributed by atoms with Crippen LogP contribution in [0, 0.1) is 0 Å². The smallest absolute Gasteiger partial charge is 0.0755 e. The van der Waals surface area contributed by atoms with Gasteiger partial charge in [0.1, 0.15) is 0 Å². The Morgan fingerprint density at radius 2 is 2.11 bits per heavy atom. The van der Waals surface area contributed by atoms with Crippen molar-refractivity contribution in [3.8, 4) is 0 Å². The molecule has 0 aromatic heterocycles. The molecule has 3 rings (SSSR count). The predicted molar refractivity (Wildman–Crippen MR) is 79.8 cm³/mol. The molecule has 1 aliphatic heterocycles. The number of fused-ring (bicyclic) bond motifs is 1. The number of anilines is 1. The van der Waals surface area contributed by atoms with E-state index in [1.807, 2.05) is 0 Å². The van der Waals surface area contributed by atoms with Crippen LogP contribution in [0.4, 0.5) is 5.69 Å². The monoisotopic (exact) mass is 259 g/mol. The molecular formula is C17H25NO. The summed E-state index contributed by atoms with van der Waals surface area (Å²) in [5.74, 6) is 0. The zero-order chi connectivity index (χ0) is 13.3. The molecule has 0 saturated carbocycles. The van der Waals surface area contributed by atoms with Gasteiger partial charge in [-0.25, -0.2) is 0 Å². The van der Waals surface area contributed by atoms with Gasteiger partial charge in [0.05, 0.1) is 11.7 Å². The van der Waals surface area contributed by atoms with Crippen LogP contribution >= 0.6 is 0 Å². The highest BCUT2D eigenvalue weighted by molar-refractivity contribution is 5.55. The van der Waals surface area contributed by atoms with E-state index in [4.69, 9.17) is 4.74 Å². The minimum atomic E-state index is 0.0719. The van der Waals surface area contributed by atoms with Crippen molar-refractivity contribution in [3.05, 3.63) is 29.3 Å². The lowest BCUT2D eigenvalue weighted by Crippen LogP contribution is -2.25. The van der Waals surface area contributed by atoms with Crippen LogP contribution in [0.2, 0.25) is 0 Å². The van der Waals surface area contributed by atoms with Gasteiger partial charge < -0.3 is 10.1 Å². The van der Waals surface area contributed by atoms with Crippen molar-refractivity contribution in [2.24, 2.45) is 0 Å². The maximum Gasteiger partial charge on any atom is 0.0755 e. The van der Waals surface area contributed by atoms with Gasteiger partial charge in [-0.05, 0) is 69.6 Å². The van der Waals surface area contributed by atoms with Crippen molar-refractivity contribution in [2.75, 3.05) is 11.9 Å². The van der Waals surface area contributed by atoms with E-state index >= 15 is 0 Å². The normalized spacial score (nSPS) is 25.1. The zero-order valence-corrected chi connectivity index (χ0v) is 12.2. The van der Waals surface area contributed by atoms with E-state index < -0.39 is 0 Å². The highest BCUT2D eigenvalue weighted by Gasteiger charge is 2.31. The minimum absolute atomic E-state index is 0.0719. The second kappa shape index (κ2) is 5.16. The van der Waals surface area contributed by atoms with Gasteiger partial charge in [-0.1, -0.05) is 12.1 Å². The summed E-state index contributed by atoms with van der Waals surface area (Å²) in [6.07, 6.45) is 7.87. The van der Waals surface area contributed by atoms with Crippen LogP contribution in [0.3, 0.4) is 0 Å². The van der Waals surface area contributed by atoms with Crippen LogP contribution in [0.1, 0.15) is 50.7 Å². The van der Waals surface area contributed by atoms with E-state index in [0.717, 1.165) is 6.54 Å². The summed E-state index contributed by atoms with van der Waals surface area (Å²) < 4.78 is 6.05. The standard InChI is InChI=1S/C17H25NO/c1-17(2)11-10-14(19-17)12-18-16-9-5-7-13-6-3-4-8-15(13)16/h5,7,9,14,18H,3-4,6,8,10-12H2,1-2H3. The first kappa shape index (κ1) is 13.0. The van der Waals surface area contributed by atoms with Gasteiger partial charge in [0.25, 0.3) is 0 Å². The zero-order valence-electron chi connectivity index (χ0n) is 12.2. The van der Waals surface area contributed by atoms with Gasteiger partial charge in [-0.2, -0.15) is 0 Å². The van der Waals surface area contributed by atoms with E-state index in [2.05, 4.69) is 37.4 Å². The topological polar surface area (TPSA) is 21.3 Å². The highest BCUT2D eigenvalue weighted by atomic mass is 16.5. The Hall–Kier alpha value is -1.02. The molecule has 0 spiro atoms. The van der Waals surface area contributed by atoms with Crippen molar-refractivity contribution in [3.63, 3.8) is 0 Å². The average Bonchev–Trinajstić information content (AvgIpc) is 2.76. The SMILES string of the molecule is CC1(C)CCC(CNc2cccc3c2CCCC3)O1. The summed E-state index contributed by atoms with van der Waals surface area (Å²) in [5, 5.41) is 3.63. The first-order chi connectivity index (χ1) is 9.14. The second-order valence-corrected chi connectivity index (χ2v) is 6.57. The molecule has 0 bridgehead atoms. The molecular weight excluding hydrogens is 234 g/mol. The van der Waals surface area contributed by atoms with Crippen LogP contribution in [0.25, 0.3) is 0 Å². The maximum absolute atomic E-state index is 6.05. The number of nitrogens with one attached hydrogen (secondary N) is 1. The van der Waals surface area contributed by atoms with Gasteiger partial charge in [-0.15, -0.1) is 0 Å². The molecule has 2 aliphatic rings. The maximum atomic E-state index is 6.05. The largest absolute Gasteiger partial charge is 0.382 e. The molecule has 0 radical (unpaired) electrons. The summed E-state index contributed by atoms with van der Waals surface area (Å²) in [5.41, 5.74) is 4.50. The predicted octanol–water partition coefficient (Wildman–Crippen LogP) is 3.93. The number of hydrogen-bond donors (Lipinski definition) is 1. The molecule has 0 amide bonds. The summed E-state index contributed by atoms with van der Waals surface area (Å²) in [6, 6.07) is 6.70. The number of aryl methyl sites for hydroxylation is 1. The molecule has 19 heavy (non-hydrogen) atoms. The summed E-state index contributed by atoms with van der Waals surface area (Å²) in [4.78, 5) is 0. The third kappa shape index (κ3) is 2.94. The Morgan fingerprint density at radius 3 is 2.89 bits per heavy atom. The van der Waals surface area contributed by atoms with Crippen molar-refractivity contribution in [1.29, 1.82) is 0 Å². The fraction of sp³-hybridized carbons (Fsp3) is 0.647. The lowest BCUT2D eigenvalue weighted by molar-refractivity contribution is -0.00911. The van der Waals surface area contributed by atoms with Gasteiger partial charge in [-0.3, -0.25) is 0 Å². The third-order valence-corrected chi connectivity index (χ3v) is 4.47. The Labute approximate surface area is 116 Å². The van der Waals surface area contributed by atoms with Gasteiger partial charge >= 0.3 is 0 Å². The van der Waals surface area contributed by atoms with Gasteiger partial charge in [0.15, 0.2) is 0 Å². The fourth-order valence-corrected chi connectivity index (χ4v) is 3.39. The van der Waals surface area contributed by atoms with Crippen LogP contribution in [0.5, 0.6) is 0 Å². The first-order valence-electron chi connectivity index (χ1n) is 7.66. The molecule has 1 saturated heterocycles. The summed E-state index contributed by atoms with van der Waals surface area (Å²) in [7, 11) is 0. The van der Waals surface area contributed by atoms with Crippen LogP contribution in [-0.4, -0.2) is 18.2 Å². The minimum Gasteiger partial charge on any atom is -0.382 e. The van der Waals surface area contributed by atoms with Crippen molar-refractivity contribution in [2.45, 2.75) is 64.1 Å². The summed E-state index contributed by atoms with van der Waals surface area (Å²) in [6.45, 7) is 5.33. The molecule has 1 unspecified atom stereocenters. The third-order valence-electron chi connectivity index (χ3n) is 4.47. The van der Waals surface area contributed by atoms with Crippen LogP contribution in [-0.2, 0) is 17.6 Å². The molecule has 2 nitrogen and oxygen atoms in total. The number of hydrogen-bond acceptors (Lipinski definition) is 2. The Kier molecular flexibility index (Phi) is 3.53. The quantitative estimate of drug-likeness (QED) is 0.888. The van der Waals surface area contributed by atoms with E-state index in [0.29, 0.717) is 6.10 Å². The lowest BCUT2D eigenvalue weighted by Gasteiger charge is -2.23. The number of ether oxygens (including phenoxy) is 1. The molecule has 1 fully saturated rings. The van der Waals surface area contributed by atoms with Crippen LogP contribution in [0.15, 0.2) is 18.2 Å². The van der Waals surface area contributed by atoms with Gasteiger partial charge in [0, 0.05) is 12.2 Å².